The van der Waals surface area contributed by atoms with Crippen molar-refractivity contribution in [2.75, 3.05) is 46.8 Å². The maximum atomic E-state index is 4.15. The highest BCUT2D eigenvalue weighted by molar-refractivity contribution is 5.19. The molecule has 2 aliphatic rings. The minimum Gasteiger partial charge on any atom is -0.371 e. The first-order chi connectivity index (χ1) is 8.11. The minimum atomic E-state index is 0.552. The predicted molar refractivity (Wildman–Crippen MR) is 72.9 cm³/mol. The standard InChI is InChI=1S/C14H25N3/c1-13(6-4-9-16(2)3)17-11-14(12-17)7-5-8-15-10-14/h4,6,15H,1,5,7-12H2,2-3H3/b6-4+. The van der Waals surface area contributed by atoms with Gasteiger partial charge in [-0.3, -0.25) is 0 Å². The summed E-state index contributed by atoms with van der Waals surface area (Å²) in [6.45, 7) is 9.90. The molecule has 0 amide bonds. The van der Waals surface area contributed by atoms with Gasteiger partial charge in [0.25, 0.3) is 0 Å². The van der Waals surface area contributed by atoms with Crippen LogP contribution in [0.2, 0.25) is 0 Å². The highest BCUT2D eigenvalue weighted by Gasteiger charge is 2.43. The van der Waals surface area contributed by atoms with Crippen LogP contribution in [0.5, 0.6) is 0 Å². The molecule has 0 unspecified atom stereocenters. The molecule has 2 fully saturated rings. The van der Waals surface area contributed by atoms with E-state index in [-0.39, 0.29) is 0 Å². The Labute approximate surface area is 105 Å². The molecule has 0 aliphatic carbocycles. The number of nitrogens with one attached hydrogen (secondary N) is 1. The number of allylic oxidation sites excluding steroid dienone is 1. The summed E-state index contributed by atoms with van der Waals surface area (Å²) in [5, 5.41) is 3.51. The predicted octanol–water partition coefficient (Wildman–Crippen LogP) is 1.30. The van der Waals surface area contributed by atoms with Crippen LogP contribution in [0.1, 0.15) is 12.8 Å². The molecule has 96 valence electrons. The third-order valence-corrected chi connectivity index (χ3v) is 3.80. The van der Waals surface area contributed by atoms with Gasteiger partial charge >= 0.3 is 0 Å². The van der Waals surface area contributed by atoms with Crippen molar-refractivity contribution in [3.63, 3.8) is 0 Å². The molecule has 0 aromatic heterocycles. The summed E-state index contributed by atoms with van der Waals surface area (Å²) in [6, 6.07) is 0. The monoisotopic (exact) mass is 235 g/mol. The molecule has 0 saturated carbocycles. The van der Waals surface area contributed by atoms with Crippen LogP contribution < -0.4 is 5.32 Å². The number of hydrogen-bond acceptors (Lipinski definition) is 3. The largest absolute Gasteiger partial charge is 0.371 e. The van der Waals surface area contributed by atoms with E-state index in [4.69, 9.17) is 0 Å². The van der Waals surface area contributed by atoms with Crippen LogP contribution in [0.25, 0.3) is 0 Å². The fourth-order valence-corrected chi connectivity index (χ4v) is 2.77. The zero-order valence-electron chi connectivity index (χ0n) is 11.2. The summed E-state index contributed by atoms with van der Waals surface area (Å²) in [4.78, 5) is 4.56. The van der Waals surface area contributed by atoms with Gasteiger partial charge in [0.15, 0.2) is 0 Å². The van der Waals surface area contributed by atoms with Crippen LogP contribution >= 0.6 is 0 Å². The van der Waals surface area contributed by atoms with E-state index in [0.29, 0.717) is 5.41 Å². The Morgan fingerprint density at radius 1 is 1.47 bits per heavy atom. The highest BCUT2D eigenvalue weighted by Crippen LogP contribution is 2.38. The van der Waals surface area contributed by atoms with Gasteiger partial charge in [0.05, 0.1) is 0 Å². The lowest BCUT2D eigenvalue weighted by Gasteiger charge is -2.53. The average Bonchev–Trinajstić information content (AvgIpc) is 2.26. The quantitative estimate of drug-likeness (QED) is 0.741. The van der Waals surface area contributed by atoms with Gasteiger partial charge in [0.1, 0.15) is 0 Å². The molecule has 2 aliphatic heterocycles. The molecule has 0 radical (unpaired) electrons. The van der Waals surface area contributed by atoms with Crippen molar-refractivity contribution in [3.8, 4) is 0 Å². The zero-order chi connectivity index (χ0) is 12.3. The highest BCUT2D eigenvalue weighted by atomic mass is 15.2. The van der Waals surface area contributed by atoms with Gasteiger partial charge in [-0.2, -0.15) is 0 Å². The van der Waals surface area contributed by atoms with Crippen molar-refractivity contribution in [2.24, 2.45) is 5.41 Å². The normalized spacial score (nSPS) is 23.4. The lowest BCUT2D eigenvalue weighted by Crippen LogP contribution is -2.61. The van der Waals surface area contributed by atoms with Crippen molar-refractivity contribution in [1.82, 2.24) is 15.1 Å². The Balaban J connectivity index is 1.75. The second kappa shape index (κ2) is 5.23. The van der Waals surface area contributed by atoms with E-state index in [1.165, 1.54) is 44.7 Å². The van der Waals surface area contributed by atoms with E-state index in [1.807, 2.05) is 0 Å². The number of hydrogen-bond donors (Lipinski definition) is 1. The van der Waals surface area contributed by atoms with Crippen LogP contribution in [0.4, 0.5) is 0 Å². The second-order valence-electron chi connectivity index (χ2n) is 5.79. The molecular weight excluding hydrogens is 210 g/mol. The maximum absolute atomic E-state index is 4.15. The van der Waals surface area contributed by atoms with Gasteiger partial charge in [-0.15, -0.1) is 0 Å². The SMILES string of the molecule is C=C(/C=C/CN(C)C)N1CC2(CCCNC2)C1. The van der Waals surface area contributed by atoms with Crippen LogP contribution in [0.15, 0.2) is 24.4 Å². The van der Waals surface area contributed by atoms with Crippen LogP contribution in [-0.2, 0) is 0 Å². The molecule has 1 N–H and O–H groups in total. The lowest BCUT2D eigenvalue weighted by atomic mass is 9.74. The smallest absolute Gasteiger partial charge is 0.0290 e. The third-order valence-electron chi connectivity index (χ3n) is 3.80. The van der Waals surface area contributed by atoms with Crippen molar-refractivity contribution >= 4 is 0 Å². The van der Waals surface area contributed by atoms with Gasteiger partial charge in [0.2, 0.25) is 0 Å². The first-order valence-electron chi connectivity index (χ1n) is 6.57. The first kappa shape index (κ1) is 12.7. The number of rotatable bonds is 4. The molecule has 0 aromatic carbocycles. The number of nitrogens with zero attached hydrogens (tertiary/aromatic N) is 2. The lowest BCUT2D eigenvalue weighted by molar-refractivity contribution is 0.0111. The third kappa shape index (κ3) is 3.11. The van der Waals surface area contributed by atoms with Gasteiger partial charge in [-0.1, -0.05) is 12.7 Å². The molecule has 2 heterocycles. The van der Waals surface area contributed by atoms with E-state index in [0.717, 1.165) is 6.54 Å². The van der Waals surface area contributed by atoms with Crippen LogP contribution in [0, 0.1) is 5.41 Å². The van der Waals surface area contributed by atoms with E-state index in [9.17, 15) is 0 Å². The molecule has 0 aromatic rings. The molecule has 0 bridgehead atoms. The van der Waals surface area contributed by atoms with Crippen molar-refractivity contribution in [3.05, 3.63) is 24.4 Å². The second-order valence-corrected chi connectivity index (χ2v) is 5.79. The number of likely N-dealkylation sites (N-methyl/N-ethyl adjacent to an activating group) is 1. The Morgan fingerprint density at radius 3 is 2.82 bits per heavy atom. The van der Waals surface area contributed by atoms with E-state index >= 15 is 0 Å². The molecular formula is C14H25N3. The fraction of sp³-hybridized carbons (Fsp3) is 0.714. The molecule has 2 saturated heterocycles. The molecule has 3 heteroatoms. The molecule has 2 rings (SSSR count). The van der Waals surface area contributed by atoms with Gasteiger partial charge in [-0.25, -0.2) is 0 Å². The number of likely N-dealkylation sites (tertiary alicyclic amines) is 1. The average molecular weight is 235 g/mol. The summed E-state index contributed by atoms with van der Waals surface area (Å²) in [6.07, 6.45) is 7.05. The first-order valence-corrected chi connectivity index (χ1v) is 6.57. The van der Waals surface area contributed by atoms with Gasteiger partial charge < -0.3 is 15.1 Å². The topological polar surface area (TPSA) is 18.5 Å². The Kier molecular flexibility index (Phi) is 3.89. The molecule has 1 spiro atoms. The molecule has 0 atom stereocenters. The van der Waals surface area contributed by atoms with E-state index in [1.54, 1.807) is 0 Å². The van der Waals surface area contributed by atoms with Crippen LogP contribution in [-0.4, -0.2) is 56.6 Å². The summed E-state index contributed by atoms with van der Waals surface area (Å²) in [5.41, 5.74) is 1.72. The zero-order valence-corrected chi connectivity index (χ0v) is 11.2. The van der Waals surface area contributed by atoms with Crippen molar-refractivity contribution in [1.29, 1.82) is 0 Å². The summed E-state index contributed by atoms with van der Waals surface area (Å²) in [5.74, 6) is 0. The van der Waals surface area contributed by atoms with Gasteiger partial charge in [-0.05, 0) is 39.6 Å². The van der Waals surface area contributed by atoms with E-state index < -0.39 is 0 Å². The Bertz CT molecular complexity index is 293. The Hall–Kier alpha value is -0.800. The fourth-order valence-electron chi connectivity index (χ4n) is 2.77. The molecule has 17 heavy (non-hydrogen) atoms. The van der Waals surface area contributed by atoms with E-state index in [2.05, 4.69) is 47.9 Å². The Morgan fingerprint density at radius 2 is 2.24 bits per heavy atom. The summed E-state index contributed by atoms with van der Waals surface area (Å²) in [7, 11) is 4.17. The number of piperidine rings is 1. The maximum Gasteiger partial charge on any atom is 0.0290 e. The van der Waals surface area contributed by atoms with Crippen molar-refractivity contribution in [2.45, 2.75) is 12.8 Å². The van der Waals surface area contributed by atoms with Crippen LogP contribution in [0.3, 0.4) is 0 Å². The van der Waals surface area contributed by atoms with Gasteiger partial charge in [0, 0.05) is 37.3 Å². The minimum absolute atomic E-state index is 0.552. The summed E-state index contributed by atoms with van der Waals surface area (Å²) < 4.78 is 0. The summed E-state index contributed by atoms with van der Waals surface area (Å²) >= 11 is 0. The van der Waals surface area contributed by atoms with Crippen molar-refractivity contribution < 1.29 is 0 Å². The molecule has 3 nitrogen and oxygen atoms in total.